The number of amides is 1. The molecule has 1 N–H and O–H groups in total. The fourth-order valence-electron chi connectivity index (χ4n) is 1.45. The highest BCUT2D eigenvalue weighted by Gasteiger charge is 2.12. The van der Waals surface area contributed by atoms with Crippen LogP contribution in [-0.4, -0.2) is 18.0 Å². The van der Waals surface area contributed by atoms with E-state index in [9.17, 15) is 4.79 Å². The summed E-state index contributed by atoms with van der Waals surface area (Å²) in [5, 5.41) is 2.90. The van der Waals surface area contributed by atoms with Crippen LogP contribution in [0.1, 0.15) is 10.4 Å². The van der Waals surface area contributed by atoms with Gasteiger partial charge in [0.05, 0.1) is 12.7 Å². The molecule has 98 valence electrons. The Balaban J connectivity index is 2.18. The van der Waals surface area contributed by atoms with Crippen molar-refractivity contribution in [2.75, 3.05) is 12.4 Å². The van der Waals surface area contributed by atoms with Crippen LogP contribution in [0.15, 0.2) is 41.0 Å². The molecule has 0 spiro atoms. The molecule has 0 aliphatic rings. The van der Waals surface area contributed by atoms with Crippen LogP contribution < -0.4 is 10.1 Å². The number of carbonyl (C=O) groups excluding carboxylic acids is 1. The predicted octanol–water partition coefficient (Wildman–Crippen LogP) is 3.76. The number of benzene rings is 1. The Hall–Kier alpha value is -1.59. The minimum absolute atomic E-state index is 0.161. The molecule has 19 heavy (non-hydrogen) atoms. The van der Waals surface area contributed by atoms with Crippen LogP contribution in [0.4, 0.5) is 5.69 Å². The lowest BCUT2D eigenvalue weighted by molar-refractivity contribution is 0.102. The van der Waals surface area contributed by atoms with Gasteiger partial charge in [0, 0.05) is 16.4 Å². The van der Waals surface area contributed by atoms with Gasteiger partial charge in [-0.3, -0.25) is 4.79 Å². The quantitative estimate of drug-likeness (QED) is 0.865. The maximum atomic E-state index is 12.1. The molecule has 0 saturated carbocycles. The van der Waals surface area contributed by atoms with Gasteiger partial charge >= 0.3 is 0 Å². The zero-order valence-electron chi connectivity index (χ0n) is 9.98. The molecule has 2 rings (SSSR count). The molecule has 0 fully saturated rings. The molecule has 1 heterocycles. The molecular weight excluding hydrogens is 332 g/mol. The van der Waals surface area contributed by atoms with Crippen LogP contribution in [0.25, 0.3) is 0 Å². The molecule has 0 saturated heterocycles. The topological polar surface area (TPSA) is 51.2 Å². The lowest BCUT2D eigenvalue weighted by atomic mass is 10.2. The summed E-state index contributed by atoms with van der Waals surface area (Å²) in [5.41, 5.74) is 0.966. The highest BCUT2D eigenvalue weighted by molar-refractivity contribution is 9.10. The van der Waals surface area contributed by atoms with Crippen LogP contribution >= 0.6 is 27.5 Å². The van der Waals surface area contributed by atoms with Gasteiger partial charge in [0.25, 0.3) is 5.91 Å². The Morgan fingerprint density at radius 1 is 1.37 bits per heavy atom. The van der Waals surface area contributed by atoms with Crippen molar-refractivity contribution in [1.82, 2.24) is 4.98 Å². The number of halogens is 2. The molecule has 0 bridgehead atoms. The van der Waals surface area contributed by atoms with Gasteiger partial charge in [0.2, 0.25) is 0 Å². The lowest BCUT2D eigenvalue weighted by Gasteiger charge is -2.07. The number of hydrogen-bond donors (Lipinski definition) is 1. The van der Waals surface area contributed by atoms with E-state index in [1.54, 1.807) is 37.4 Å². The number of nitrogens with one attached hydrogen (secondary N) is 1. The van der Waals surface area contributed by atoms with Crippen molar-refractivity contribution in [2.45, 2.75) is 0 Å². The van der Waals surface area contributed by atoms with Crippen molar-refractivity contribution in [1.29, 1.82) is 0 Å². The molecule has 0 aliphatic heterocycles. The number of aromatic nitrogens is 1. The Bertz CT molecular complexity index is 602. The highest BCUT2D eigenvalue weighted by Crippen LogP contribution is 2.20. The van der Waals surface area contributed by atoms with E-state index in [1.165, 1.54) is 6.20 Å². The van der Waals surface area contributed by atoms with E-state index in [0.29, 0.717) is 15.7 Å². The highest BCUT2D eigenvalue weighted by atomic mass is 79.9. The van der Waals surface area contributed by atoms with Gasteiger partial charge in [-0.1, -0.05) is 11.6 Å². The van der Waals surface area contributed by atoms with Gasteiger partial charge < -0.3 is 10.1 Å². The summed E-state index contributed by atoms with van der Waals surface area (Å²) in [5.74, 6) is 0.407. The van der Waals surface area contributed by atoms with Crippen molar-refractivity contribution in [3.05, 3.63) is 51.7 Å². The molecule has 0 unspecified atom stereocenters. The molecule has 6 heteroatoms. The number of hydrogen-bond acceptors (Lipinski definition) is 3. The fourth-order valence-corrected chi connectivity index (χ4v) is 1.98. The van der Waals surface area contributed by atoms with Crippen molar-refractivity contribution in [2.24, 2.45) is 0 Å². The Morgan fingerprint density at radius 2 is 2.05 bits per heavy atom. The molecule has 1 aromatic carbocycles. The minimum Gasteiger partial charge on any atom is -0.497 e. The monoisotopic (exact) mass is 340 g/mol. The van der Waals surface area contributed by atoms with Crippen molar-refractivity contribution >= 4 is 39.1 Å². The normalized spacial score (nSPS) is 10.1. The predicted molar refractivity (Wildman–Crippen MR) is 77.9 cm³/mol. The van der Waals surface area contributed by atoms with Crippen LogP contribution in [-0.2, 0) is 0 Å². The molecule has 0 atom stereocenters. The largest absolute Gasteiger partial charge is 0.497 e. The van der Waals surface area contributed by atoms with Crippen molar-refractivity contribution in [3.8, 4) is 5.75 Å². The second kappa shape index (κ2) is 6.04. The second-order valence-corrected chi connectivity index (χ2v) is 4.95. The zero-order chi connectivity index (χ0) is 13.8. The van der Waals surface area contributed by atoms with Gasteiger partial charge in [-0.05, 0) is 46.3 Å². The average molecular weight is 342 g/mol. The summed E-state index contributed by atoms with van der Waals surface area (Å²) < 4.78 is 5.74. The smallest absolute Gasteiger partial charge is 0.258 e. The number of rotatable bonds is 3. The van der Waals surface area contributed by atoms with Gasteiger partial charge in [0.1, 0.15) is 10.9 Å². The van der Waals surface area contributed by atoms with Crippen molar-refractivity contribution in [3.63, 3.8) is 0 Å². The molecule has 2 aromatic rings. The van der Waals surface area contributed by atoms with Gasteiger partial charge in [-0.25, -0.2) is 4.98 Å². The third-order valence-corrected chi connectivity index (χ3v) is 3.13. The number of ether oxygens (including phenoxy) is 1. The molecular formula is C13H10BrClN2O2. The summed E-state index contributed by atoms with van der Waals surface area (Å²) in [7, 11) is 1.58. The lowest BCUT2D eigenvalue weighted by Crippen LogP contribution is -2.13. The van der Waals surface area contributed by atoms with Gasteiger partial charge in [0.15, 0.2) is 0 Å². The first-order valence-electron chi connectivity index (χ1n) is 5.36. The summed E-state index contributed by atoms with van der Waals surface area (Å²) in [6, 6.07) is 8.63. The number of methoxy groups -OCH3 is 1. The van der Waals surface area contributed by atoms with E-state index >= 15 is 0 Å². The van der Waals surface area contributed by atoms with E-state index in [4.69, 9.17) is 16.3 Å². The molecule has 0 aliphatic carbocycles. The van der Waals surface area contributed by atoms with Crippen LogP contribution in [0.5, 0.6) is 5.75 Å². The SMILES string of the molecule is COc1ccc(NC(=O)c2cc(Br)cnc2Cl)cc1. The summed E-state index contributed by atoms with van der Waals surface area (Å²) >= 11 is 9.14. The third kappa shape index (κ3) is 3.45. The summed E-state index contributed by atoms with van der Waals surface area (Å²) in [4.78, 5) is 16.0. The third-order valence-electron chi connectivity index (χ3n) is 2.40. The second-order valence-electron chi connectivity index (χ2n) is 3.67. The van der Waals surface area contributed by atoms with E-state index in [1.807, 2.05) is 0 Å². The first kappa shape index (κ1) is 13.8. The zero-order valence-corrected chi connectivity index (χ0v) is 12.3. The Kier molecular flexibility index (Phi) is 4.39. The van der Waals surface area contributed by atoms with Crippen LogP contribution in [0.2, 0.25) is 5.15 Å². The Morgan fingerprint density at radius 3 is 2.68 bits per heavy atom. The molecule has 4 nitrogen and oxygen atoms in total. The van der Waals surface area contributed by atoms with E-state index in [-0.39, 0.29) is 11.1 Å². The molecule has 0 radical (unpaired) electrons. The standard InChI is InChI=1S/C13H10BrClN2O2/c1-19-10-4-2-9(3-5-10)17-13(18)11-6-8(14)7-16-12(11)15/h2-7H,1H3,(H,17,18). The first-order chi connectivity index (χ1) is 9.10. The molecule has 1 amide bonds. The Labute approximate surface area is 123 Å². The molecule has 1 aromatic heterocycles. The van der Waals surface area contributed by atoms with Crippen molar-refractivity contribution < 1.29 is 9.53 Å². The maximum Gasteiger partial charge on any atom is 0.258 e. The average Bonchev–Trinajstić information content (AvgIpc) is 2.42. The summed E-state index contributed by atoms with van der Waals surface area (Å²) in [6.07, 6.45) is 1.53. The van der Waals surface area contributed by atoms with Crippen LogP contribution in [0.3, 0.4) is 0 Å². The van der Waals surface area contributed by atoms with Gasteiger partial charge in [-0.2, -0.15) is 0 Å². The summed E-state index contributed by atoms with van der Waals surface area (Å²) in [6.45, 7) is 0. The van der Waals surface area contributed by atoms with E-state index in [2.05, 4.69) is 26.2 Å². The minimum atomic E-state index is -0.316. The number of pyridine rings is 1. The van der Waals surface area contributed by atoms with Gasteiger partial charge in [-0.15, -0.1) is 0 Å². The maximum absolute atomic E-state index is 12.1. The van der Waals surface area contributed by atoms with Crippen LogP contribution in [0, 0.1) is 0 Å². The van der Waals surface area contributed by atoms with E-state index in [0.717, 1.165) is 5.75 Å². The number of nitrogens with zero attached hydrogens (tertiary/aromatic N) is 1. The fraction of sp³-hybridized carbons (Fsp3) is 0.0769. The first-order valence-corrected chi connectivity index (χ1v) is 6.53. The number of anilines is 1. The number of carbonyl (C=O) groups is 1. The van der Waals surface area contributed by atoms with E-state index < -0.39 is 0 Å².